The van der Waals surface area contributed by atoms with E-state index in [1.807, 2.05) is 11.8 Å². The molecule has 18 heavy (non-hydrogen) atoms. The second-order valence-electron chi connectivity index (χ2n) is 5.24. The molecule has 2 rings (SSSR count). The van der Waals surface area contributed by atoms with E-state index in [0.29, 0.717) is 0 Å². The second-order valence-corrected chi connectivity index (χ2v) is 5.24. The predicted octanol–water partition coefficient (Wildman–Crippen LogP) is 0.257. The molecule has 0 bridgehead atoms. The summed E-state index contributed by atoms with van der Waals surface area (Å²) in [7, 11) is 0. The number of nitrogens with zero attached hydrogens (tertiary/aromatic N) is 1. The van der Waals surface area contributed by atoms with Gasteiger partial charge >= 0.3 is 0 Å². The van der Waals surface area contributed by atoms with Crippen molar-refractivity contribution in [3.05, 3.63) is 0 Å². The first-order valence-electron chi connectivity index (χ1n) is 6.99. The van der Waals surface area contributed by atoms with Crippen LogP contribution >= 0.6 is 0 Å². The maximum Gasteiger partial charge on any atom is 0.241 e. The molecule has 0 aliphatic carbocycles. The quantitative estimate of drug-likeness (QED) is 0.755. The summed E-state index contributed by atoms with van der Waals surface area (Å²) in [6.45, 7) is 4.72. The van der Waals surface area contributed by atoms with Crippen LogP contribution in [0.25, 0.3) is 0 Å². The summed E-state index contributed by atoms with van der Waals surface area (Å²) < 4.78 is 0. The Kier molecular flexibility index (Phi) is 4.22. The molecule has 2 fully saturated rings. The molecule has 0 aromatic rings. The monoisotopic (exact) mass is 253 g/mol. The Labute approximate surface area is 108 Å². The average molecular weight is 253 g/mol. The minimum atomic E-state index is -0.439. The Morgan fingerprint density at radius 2 is 2.00 bits per heavy atom. The third kappa shape index (κ3) is 2.66. The first-order valence-corrected chi connectivity index (χ1v) is 6.99. The van der Waals surface area contributed by atoms with Gasteiger partial charge in [0.1, 0.15) is 0 Å². The fourth-order valence-electron chi connectivity index (χ4n) is 2.87. The van der Waals surface area contributed by atoms with Crippen molar-refractivity contribution < 1.29 is 9.59 Å². The van der Waals surface area contributed by atoms with Crippen molar-refractivity contribution in [1.82, 2.24) is 15.5 Å². The number of hydrogen-bond donors (Lipinski definition) is 2. The highest BCUT2D eigenvalue weighted by Crippen LogP contribution is 2.22. The van der Waals surface area contributed by atoms with Gasteiger partial charge in [-0.1, -0.05) is 6.92 Å². The highest BCUT2D eigenvalue weighted by Gasteiger charge is 2.39. The lowest BCUT2D eigenvalue weighted by atomic mass is 9.93. The molecule has 2 N–H and O–H groups in total. The number of amides is 2. The van der Waals surface area contributed by atoms with Gasteiger partial charge < -0.3 is 15.5 Å². The molecule has 0 aromatic carbocycles. The summed E-state index contributed by atoms with van der Waals surface area (Å²) in [4.78, 5) is 25.9. The van der Waals surface area contributed by atoms with Gasteiger partial charge in [-0.2, -0.15) is 0 Å². The maximum atomic E-state index is 12.2. The lowest BCUT2D eigenvalue weighted by Gasteiger charge is -2.27. The van der Waals surface area contributed by atoms with Gasteiger partial charge in [0.25, 0.3) is 0 Å². The zero-order valence-corrected chi connectivity index (χ0v) is 11.1. The second kappa shape index (κ2) is 5.69. The summed E-state index contributed by atoms with van der Waals surface area (Å²) in [5.41, 5.74) is -0.439. The van der Waals surface area contributed by atoms with Crippen LogP contribution in [0.1, 0.15) is 39.0 Å². The predicted molar refractivity (Wildman–Crippen MR) is 69.1 cm³/mol. The van der Waals surface area contributed by atoms with Crippen molar-refractivity contribution >= 4 is 11.8 Å². The molecule has 2 heterocycles. The molecule has 1 atom stereocenters. The van der Waals surface area contributed by atoms with Gasteiger partial charge in [-0.25, -0.2) is 0 Å². The van der Waals surface area contributed by atoms with Crippen LogP contribution in [0.3, 0.4) is 0 Å². The van der Waals surface area contributed by atoms with E-state index in [0.717, 1.165) is 51.7 Å². The highest BCUT2D eigenvalue weighted by atomic mass is 16.2. The third-order valence-electron chi connectivity index (χ3n) is 4.14. The SMILES string of the molecule is CCC1(C(=O)NCC(=O)N2CCCC2)CCCN1. The molecule has 2 amide bonds. The van der Waals surface area contributed by atoms with Gasteiger partial charge in [0, 0.05) is 13.1 Å². The molecule has 0 spiro atoms. The van der Waals surface area contributed by atoms with Crippen LogP contribution in [0.5, 0.6) is 0 Å². The molecule has 1 unspecified atom stereocenters. The fraction of sp³-hybridized carbons (Fsp3) is 0.846. The van der Waals surface area contributed by atoms with Crippen molar-refractivity contribution in [1.29, 1.82) is 0 Å². The molecule has 0 aromatic heterocycles. The Hall–Kier alpha value is -1.10. The summed E-state index contributed by atoms with van der Waals surface area (Å²) in [6.07, 6.45) is 4.84. The van der Waals surface area contributed by atoms with E-state index in [4.69, 9.17) is 0 Å². The minimum absolute atomic E-state index is 0.0185. The van der Waals surface area contributed by atoms with Crippen LogP contribution in [0.15, 0.2) is 0 Å². The van der Waals surface area contributed by atoms with Crippen molar-refractivity contribution in [3.8, 4) is 0 Å². The maximum absolute atomic E-state index is 12.2. The Morgan fingerprint density at radius 1 is 1.28 bits per heavy atom. The Bertz CT molecular complexity index is 318. The molecule has 102 valence electrons. The van der Waals surface area contributed by atoms with Gasteiger partial charge in [-0.05, 0) is 38.6 Å². The van der Waals surface area contributed by atoms with Crippen LogP contribution in [0.2, 0.25) is 0 Å². The molecule has 0 saturated carbocycles. The summed E-state index contributed by atoms with van der Waals surface area (Å²) in [5.74, 6) is 0.0279. The zero-order chi connectivity index (χ0) is 13.0. The normalized spacial score (nSPS) is 27.5. The van der Waals surface area contributed by atoms with Gasteiger partial charge in [0.05, 0.1) is 12.1 Å². The van der Waals surface area contributed by atoms with E-state index < -0.39 is 5.54 Å². The average Bonchev–Trinajstić information content (AvgIpc) is 3.06. The van der Waals surface area contributed by atoms with Gasteiger partial charge in [-0.15, -0.1) is 0 Å². The first kappa shape index (κ1) is 13.3. The number of carbonyl (C=O) groups is 2. The van der Waals surface area contributed by atoms with Gasteiger partial charge in [-0.3, -0.25) is 9.59 Å². The van der Waals surface area contributed by atoms with Gasteiger partial charge in [0.2, 0.25) is 11.8 Å². The van der Waals surface area contributed by atoms with Gasteiger partial charge in [0.15, 0.2) is 0 Å². The fourth-order valence-corrected chi connectivity index (χ4v) is 2.87. The van der Waals surface area contributed by atoms with Crippen LogP contribution in [-0.4, -0.2) is 48.4 Å². The van der Waals surface area contributed by atoms with Crippen LogP contribution in [0.4, 0.5) is 0 Å². The summed E-state index contributed by atoms with van der Waals surface area (Å²) in [6, 6.07) is 0. The van der Waals surface area contributed by atoms with Crippen LogP contribution in [0, 0.1) is 0 Å². The van der Waals surface area contributed by atoms with Crippen LogP contribution < -0.4 is 10.6 Å². The lowest BCUT2D eigenvalue weighted by Crippen LogP contribution is -2.54. The molecular formula is C13H23N3O2. The van der Waals surface area contributed by atoms with Crippen LogP contribution in [-0.2, 0) is 9.59 Å². The third-order valence-corrected chi connectivity index (χ3v) is 4.14. The number of hydrogen-bond acceptors (Lipinski definition) is 3. The number of carbonyl (C=O) groups excluding carboxylic acids is 2. The van der Waals surface area contributed by atoms with E-state index in [1.165, 1.54) is 0 Å². The highest BCUT2D eigenvalue weighted by molar-refractivity contribution is 5.90. The molecule has 0 radical (unpaired) electrons. The molecule has 2 aliphatic heterocycles. The van der Waals surface area contributed by atoms with Crippen molar-refractivity contribution in [2.75, 3.05) is 26.2 Å². The lowest BCUT2D eigenvalue weighted by molar-refractivity contribution is -0.134. The Balaban J connectivity index is 1.81. The number of rotatable bonds is 4. The van der Waals surface area contributed by atoms with E-state index in [9.17, 15) is 9.59 Å². The molecule has 2 aliphatic rings. The molecule has 5 heteroatoms. The largest absolute Gasteiger partial charge is 0.345 e. The smallest absolute Gasteiger partial charge is 0.241 e. The van der Waals surface area contributed by atoms with Crippen molar-refractivity contribution in [2.45, 2.75) is 44.6 Å². The molecule has 2 saturated heterocycles. The van der Waals surface area contributed by atoms with E-state index in [1.54, 1.807) is 0 Å². The zero-order valence-electron chi connectivity index (χ0n) is 11.1. The Morgan fingerprint density at radius 3 is 2.56 bits per heavy atom. The standard InChI is InChI=1S/C13H23N3O2/c1-2-13(6-5-7-15-13)12(18)14-10-11(17)16-8-3-4-9-16/h15H,2-10H2,1H3,(H,14,18). The first-order chi connectivity index (χ1) is 8.68. The summed E-state index contributed by atoms with van der Waals surface area (Å²) in [5, 5.41) is 6.08. The van der Waals surface area contributed by atoms with E-state index in [2.05, 4.69) is 10.6 Å². The molecular weight excluding hydrogens is 230 g/mol. The van der Waals surface area contributed by atoms with Crippen molar-refractivity contribution in [2.24, 2.45) is 0 Å². The van der Waals surface area contributed by atoms with E-state index >= 15 is 0 Å². The minimum Gasteiger partial charge on any atom is -0.345 e. The molecule has 5 nitrogen and oxygen atoms in total. The number of nitrogens with one attached hydrogen (secondary N) is 2. The number of likely N-dealkylation sites (tertiary alicyclic amines) is 1. The van der Waals surface area contributed by atoms with Crippen molar-refractivity contribution in [3.63, 3.8) is 0 Å². The van der Waals surface area contributed by atoms with E-state index in [-0.39, 0.29) is 18.4 Å². The summed E-state index contributed by atoms with van der Waals surface area (Å²) >= 11 is 0. The topological polar surface area (TPSA) is 61.4 Å².